The van der Waals surface area contributed by atoms with Gasteiger partial charge >= 0.3 is 0 Å². The Morgan fingerprint density at radius 3 is 2.11 bits per heavy atom. The maximum atomic E-state index is 14.6. The number of hydrogen-bond donors (Lipinski definition) is 1. The third-order valence-electron chi connectivity index (χ3n) is 8.40. The van der Waals surface area contributed by atoms with Gasteiger partial charge in [-0.05, 0) is 67.3 Å². The summed E-state index contributed by atoms with van der Waals surface area (Å²) in [7, 11) is -4.14. The first kappa shape index (κ1) is 33.2. The lowest BCUT2D eigenvalue weighted by Gasteiger charge is -2.35. The van der Waals surface area contributed by atoms with Crippen molar-refractivity contribution >= 4 is 39.1 Å². The minimum Gasteiger partial charge on any atom is -0.352 e. The normalized spacial score (nSPS) is 14.3. The zero-order chi connectivity index (χ0) is 32.5. The highest BCUT2D eigenvalue weighted by Gasteiger charge is 2.35. The topological polar surface area (TPSA) is 86.8 Å². The average Bonchev–Trinajstić information content (AvgIpc) is 3.07. The largest absolute Gasteiger partial charge is 0.352 e. The van der Waals surface area contributed by atoms with Crippen molar-refractivity contribution in [3.8, 4) is 0 Å². The standard InChI is InChI=1S/C37H40ClN3O4S/c1-28-20-22-33(23-21-28)41(46(44,45)34-18-9-4-10-19-34)27-36(42)40(26-30-14-11-15-31(38)24-30)35(25-29-12-5-2-6-13-29)37(43)39-32-16-7-3-8-17-32/h2,4-6,9-15,18-24,32,35H,3,7-8,16-17,25-27H2,1H3,(H,39,43)/t35-/m0/s1. The molecule has 1 fully saturated rings. The van der Waals surface area contributed by atoms with Crippen molar-refractivity contribution in [2.45, 2.75) is 69.0 Å². The summed E-state index contributed by atoms with van der Waals surface area (Å²) in [5.41, 5.74) is 2.94. The van der Waals surface area contributed by atoms with Crippen LogP contribution >= 0.6 is 11.6 Å². The third-order valence-corrected chi connectivity index (χ3v) is 10.4. The van der Waals surface area contributed by atoms with E-state index in [-0.39, 0.29) is 29.8 Å². The van der Waals surface area contributed by atoms with Gasteiger partial charge in [-0.25, -0.2) is 8.42 Å². The van der Waals surface area contributed by atoms with Gasteiger partial charge in [0.1, 0.15) is 12.6 Å². The average molecular weight is 658 g/mol. The Balaban J connectivity index is 1.55. The number of aryl methyl sites for hydroxylation is 1. The van der Waals surface area contributed by atoms with Crippen molar-refractivity contribution in [3.05, 3.63) is 131 Å². The number of anilines is 1. The molecule has 2 amide bonds. The maximum Gasteiger partial charge on any atom is 0.264 e. The molecular weight excluding hydrogens is 618 g/mol. The molecule has 240 valence electrons. The van der Waals surface area contributed by atoms with Crippen molar-refractivity contribution in [2.75, 3.05) is 10.8 Å². The highest BCUT2D eigenvalue weighted by molar-refractivity contribution is 7.92. The lowest BCUT2D eigenvalue weighted by atomic mass is 9.94. The fraction of sp³-hybridized carbons (Fsp3) is 0.297. The van der Waals surface area contributed by atoms with E-state index in [2.05, 4.69) is 5.32 Å². The van der Waals surface area contributed by atoms with Crippen LogP contribution in [0.4, 0.5) is 5.69 Å². The van der Waals surface area contributed by atoms with E-state index in [0.29, 0.717) is 10.7 Å². The Hall–Kier alpha value is -4.14. The molecule has 0 aromatic heterocycles. The summed E-state index contributed by atoms with van der Waals surface area (Å²) in [5, 5.41) is 3.73. The molecule has 0 heterocycles. The number of benzene rings is 4. The molecule has 4 aromatic rings. The molecule has 0 radical (unpaired) electrons. The first-order valence-corrected chi connectivity index (χ1v) is 17.6. The van der Waals surface area contributed by atoms with Crippen LogP contribution in [0.3, 0.4) is 0 Å². The summed E-state index contributed by atoms with van der Waals surface area (Å²) in [6.07, 6.45) is 5.28. The van der Waals surface area contributed by atoms with E-state index in [0.717, 1.165) is 53.1 Å². The Morgan fingerprint density at radius 1 is 0.826 bits per heavy atom. The predicted molar refractivity (Wildman–Crippen MR) is 183 cm³/mol. The van der Waals surface area contributed by atoms with Crippen LogP contribution in [-0.2, 0) is 32.6 Å². The SMILES string of the molecule is Cc1ccc(N(CC(=O)N(Cc2cccc(Cl)c2)[C@@H](Cc2ccccc2)C(=O)NC2CCCCC2)S(=O)(=O)c2ccccc2)cc1. The number of carbonyl (C=O) groups excluding carboxylic acids is 2. The number of carbonyl (C=O) groups is 2. The second-order valence-electron chi connectivity index (χ2n) is 11.9. The number of halogens is 1. The Bertz CT molecular complexity index is 1710. The van der Waals surface area contributed by atoms with Gasteiger partial charge in [-0.2, -0.15) is 0 Å². The van der Waals surface area contributed by atoms with E-state index in [4.69, 9.17) is 11.6 Å². The molecule has 0 bridgehead atoms. The molecule has 9 heteroatoms. The van der Waals surface area contributed by atoms with E-state index in [1.807, 2.05) is 55.5 Å². The van der Waals surface area contributed by atoms with Gasteiger partial charge < -0.3 is 10.2 Å². The van der Waals surface area contributed by atoms with E-state index >= 15 is 0 Å². The summed E-state index contributed by atoms with van der Waals surface area (Å²) in [6, 6.07) is 31.0. The monoisotopic (exact) mass is 657 g/mol. The van der Waals surface area contributed by atoms with E-state index in [9.17, 15) is 18.0 Å². The second-order valence-corrected chi connectivity index (χ2v) is 14.2. The number of nitrogens with one attached hydrogen (secondary N) is 1. The van der Waals surface area contributed by atoms with Gasteiger partial charge in [-0.15, -0.1) is 0 Å². The quantitative estimate of drug-likeness (QED) is 0.179. The number of hydrogen-bond acceptors (Lipinski definition) is 4. The predicted octanol–water partition coefficient (Wildman–Crippen LogP) is 6.93. The van der Waals surface area contributed by atoms with Crippen LogP contribution in [0.1, 0.15) is 48.8 Å². The smallest absolute Gasteiger partial charge is 0.264 e. The van der Waals surface area contributed by atoms with Crippen LogP contribution in [0.25, 0.3) is 0 Å². The maximum absolute atomic E-state index is 14.6. The van der Waals surface area contributed by atoms with Gasteiger partial charge in [0.2, 0.25) is 11.8 Å². The molecular formula is C37H40ClN3O4S. The molecule has 1 saturated carbocycles. The summed E-state index contributed by atoms with van der Waals surface area (Å²) in [6.45, 7) is 1.49. The van der Waals surface area contributed by atoms with Crippen LogP contribution in [0, 0.1) is 6.92 Å². The summed E-state index contributed by atoms with van der Waals surface area (Å²) >= 11 is 6.34. The van der Waals surface area contributed by atoms with Crippen LogP contribution in [0.2, 0.25) is 5.02 Å². The van der Waals surface area contributed by atoms with Crippen molar-refractivity contribution in [3.63, 3.8) is 0 Å². The molecule has 0 unspecified atom stereocenters. The zero-order valence-electron chi connectivity index (χ0n) is 26.0. The number of nitrogens with zero attached hydrogens (tertiary/aromatic N) is 2. The summed E-state index contributed by atoms with van der Waals surface area (Å²) < 4.78 is 29.3. The van der Waals surface area contributed by atoms with Crippen molar-refractivity contribution < 1.29 is 18.0 Å². The molecule has 4 aromatic carbocycles. The molecule has 0 spiro atoms. The minimum atomic E-state index is -4.14. The molecule has 0 saturated heterocycles. The number of sulfonamides is 1. The van der Waals surface area contributed by atoms with Gasteiger partial charge in [0.25, 0.3) is 10.0 Å². The molecule has 1 aliphatic carbocycles. The Kier molecular flexibility index (Phi) is 11.1. The number of rotatable bonds is 12. The molecule has 1 N–H and O–H groups in total. The van der Waals surface area contributed by atoms with Crippen molar-refractivity contribution in [1.82, 2.24) is 10.2 Å². The first-order valence-electron chi connectivity index (χ1n) is 15.7. The van der Waals surface area contributed by atoms with Gasteiger partial charge in [-0.3, -0.25) is 13.9 Å². The fourth-order valence-corrected chi connectivity index (χ4v) is 7.54. The lowest BCUT2D eigenvalue weighted by Crippen LogP contribution is -2.55. The first-order chi connectivity index (χ1) is 22.2. The van der Waals surface area contributed by atoms with Crippen LogP contribution in [0.15, 0.2) is 114 Å². The van der Waals surface area contributed by atoms with Crippen LogP contribution in [0.5, 0.6) is 0 Å². The molecule has 5 rings (SSSR count). The zero-order valence-corrected chi connectivity index (χ0v) is 27.6. The minimum absolute atomic E-state index is 0.0326. The lowest BCUT2D eigenvalue weighted by molar-refractivity contribution is -0.140. The van der Waals surface area contributed by atoms with E-state index in [1.54, 1.807) is 48.5 Å². The second kappa shape index (κ2) is 15.4. The highest BCUT2D eigenvalue weighted by Crippen LogP contribution is 2.26. The van der Waals surface area contributed by atoms with Crippen molar-refractivity contribution in [2.24, 2.45) is 0 Å². The van der Waals surface area contributed by atoms with E-state index in [1.165, 1.54) is 17.0 Å². The Morgan fingerprint density at radius 2 is 1.46 bits per heavy atom. The van der Waals surface area contributed by atoms with Gasteiger partial charge in [-0.1, -0.05) is 109 Å². The van der Waals surface area contributed by atoms with E-state index < -0.39 is 28.5 Å². The molecule has 1 atom stereocenters. The summed E-state index contributed by atoms with van der Waals surface area (Å²) in [4.78, 5) is 30.3. The summed E-state index contributed by atoms with van der Waals surface area (Å²) in [5.74, 6) is -0.751. The van der Waals surface area contributed by atoms with Crippen LogP contribution in [-0.4, -0.2) is 43.8 Å². The molecule has 1 aliphatic rings. The fourth-order valence-electron chi connectivity index (χ4n) is 5.89. The third kappa shape index (κ3) is 8.56. The van der Waals surface area contributed by atoms with Crippen molar-refractivity contribution in [1.29, 1.82) is 0 Å². The van der Waals surface area contributed by atoms with Gasteiger partial charge in [0, 0.05) is 24.0 Å². The van der Waals surface area contributed by atoms with Crippen LogP contribution < -0.4 is 9.62 Å². The van der Waals surface area contributed by atoms with Gasteiger partial charge in [0.15, 0.2) is 0 Å². The molecule has 0 aliphatic heterocycles. The molecule has 7 nitrogen and oxygen atoms in total. The highest BCUT2D eigenvalue weighted by atomic mass is 35.5. The van der Waals surface area contributed by atoms with Gasteiger partial charge in [0.05, 0.1) is 10.6 Å². The molecule has 46 heavy (non-hydrogen) atoms. The Labute approximate surface area is 277 Å². The number of amides is 2.